The third-order valence-corrected chi connectivity index (χ3v) is 3.76. The van der Waals surface area contributed by atoms with Crippen molar-refractivity contribution in [2.45, 2.75) is 38.1 Å². The summed E-state index contributed by atoms with van der Waals surface area (Å²) >= 11 is 0. The third kappa shape index (κ3) is 2.14. The van der Waals surface area contributed by atoms with Crippen LogP contribution in [0.1, 0.15) is 13.8 Å². The molecule has 2 aliphatic rings. The summed E-state index contributed by atoms with van der Waals surface area (Å²) in [5.41, 5.74) is -2.81. The van der Waals surface area contributed by atoms with E-state index in [0.717, 1.165) is 13.7 Å². The summed E-state index contributed by atoms with van der Waals surface area (Å²) < 4.78 is 13.5. The van der Waals surface area contributed by atoms with E-state index < -0.39 is 28.3 Å². The first-order valence-electron chi connectivity index (χ1n) is 6.43. The molecule has 2 atom stereocenters. The second-order valence-corrected chi connectivity index (χ2v) is 6.06. The molecule has 8 heteroatoms. The molecule has 0 aliphatic carbocycles. The molecule has 0 bridgehead atoms. The minimum absolute atomic E-state index is 0.149. The zero-order valence-electron chi connectivity index (χ0n) is 11.7. The first-order valence-corrected chi connectivity index (χ1v) is 6.43. The molecule has 1 aromatic heterocycles. The molecule has 0 amide bonds. The van der Waals surface area contributed by atoms with Gasteiger partial charge >= 0.3 is 17.1 Å². The highest BCUT2D eigenvalue weighted by atomic mass is 16.6. The van der Waals surface area contributed by atoms with Crippen molar-refractivity contribution in [3.63, 3.8) is 0 Å². The second-order valence-electron chi connectivity index (χ2n) is 6.06. The number of hydrogen-bond acceptors (Lipinski definition) is 5. The summed E-state index contributed by atoms with van der Waals surface area (Å²) in [6.07, 6.45) is 0. The number of hydrogen-bond donors (Lipinski definition) is 0. The van der Waals surface area contributed by atoms with Gasteiger partial charge in [-0.2, -0.15) is 0 Å². The van der Waals surface area contributed by atoms with Gasteiger partial charge in [-0.3, -0.25) is 0 Å². The quantitative estimate of drug-likeness (QED) is 0.613. The van der Waals surface area contributed by atoms with Crippen LogP contribution in [-0.2, 0) is 29.6 Å². The lowest BCUT2D eigenvalue weighted by Crippen LogP contribution is -2.55. The monoisotopic (exact) mass is 283 g/mol. The van der Waals surface area contributed by atoms with Crippen LogP contribution in [0.4, 0.5) is 0 Å². The molecule has 2 saturated heterocycles. The summed E-state index contributed by atoms with van der Waals surface area (Å²) in [5, 5.41) is 0. The molecule has 2 unspecified atom stereocenters. The van der Waals surface area contributed by atoms with E-state index in [1.165, 1.54) is 7.05 Å². The molecule has 2 aliphatic heterocycles. The zero-order valence-corrected chi connectivity index (χ0v) is 11.7. The Bertz CT molecular complexity index is 675. The lowest BCUT2D eigenvalue weighted by molar-refractivity contribution is 0.263. The number of ether oxygens (including phenoxy) is 2. The fraction of sp³-hybridized carbons (Fsp3) is 0.750. The Labute approximate surface area is 114 Å². The fourth-order valence-electron chi connectivity index (χ4n) is 2.12. The topological polar surface area (TPSA) is 91.1 Å². The Balaban J connectivity index is 2.12. The Morgan fingerprint density at radius 3 is 1.55 bits per heavy atom. The molecule has 1 aromatic rings. The van der Waals surface area contributed by atoms with Crippen molar-refractivity contribution in [3.8, 4) is 0 Å². The average Bonchev–Trinajstić information content (AvgIpc) is 3.30. The van der Waals surface area contributed by atoms with E-state index in [1.807, 2.05) is 13.8 Å². The van der Waals surface area contributed by atoms with E-state index in [0.29, 0.717) is 13.2 Å². The lowest BCUT2D eigenvalue weighted by Gasteiger charge is -2.14. The van der Waals surface area contributed by atoms with E-state index in [-0.39, 0.29) is 13.1 Å². The molecular weight excluding hydrogens is 266 g/mol. The summed E-state index contributed by atoms with van der Waals surface area (Å²) in [6.45, 7) is 4.94. The molecule has 0 spiro atoms. The van der Waals surface area contributed by atoms with Crippen LogP contribution in [0, 0.1) is 0 Å². The molecule has 3 heterocycles. The lowest BCUT2D eigenvalue weighted by atomic mass is 10.2. The standard InChI is InChI=1S/C12H17N3O5/c1-11(6-19-11)4-14-8(16)13(3)9(17)15(10(14)18)5-12(2)7-20-12/h4-7H2,1-3H3. The molecule has 20 heavy (non-hydrogen) atoms. The van der Waals surface area contributed by atoms with Gasteiger partial charge in [0.2, 0.25) is 0 Å². The van der Waals surface area contributed by atoms with Gasteiger partial charge in [-0.25, -0.2) is 28.1 Å². The van der Waals surface area contributed by atoms with Gasteiger partial charge < -0.3 is 9.47 Å². The number of epoxide rings is 2. The van der Waals surface area contributed by atoms with Crippen LogP contribution < -0.4 is 17.1 Å². The normalized spacial score (nSPS) is 31.4. The van der Waals surface area contributed by atoms with Crippen LogP contribution in [0.3, 0.4) is 0 Å². The molecule has 0 saturated carbocycles. The predicted octanol–water partition coefficient (Wildman–Crippen LogP) is -1.71. The molecule has 8 nitrogen and oxygen atoms in total. The van der Waals surface area contributed by atoms with Crippen LogP contribution in [0.15, 0.2) is 14.4 Å². The summed E-state index contributed by atoms with van der Waals surface area (Å²) in [4.78, 5) is 36.5. The average molecular weight is 283 g/mol. The van der Waals surface area contributed by atoms with Crippen LogP contribution in [-0.4, -0.2) is 38.1 Å². The van der Waals surface area contributed by atoms with Crippen molar-refractivity contribution >= 4 is 0 Å². The molecule has 110 valence electrons. The molecule has 3 rings (SSSR count). The zero-order chi connectivity index (χ0) is 14.7. The van der Waals surface area contributed by atoms with Gasteiger partial charge in [-0.05, 0) is 13.8 Å². The van der Waals surface area contributed by atoms with Gasteiger partial charge in [-0.15, -0.1) is 0 Å². The van der Waals surface area contributed by atoms with E-state index in [1.54, 1.807) is 0 Å². The Kier molecular flexibility index (Phi) is 2.61. The van der Waals surface area contributed by atoms with Crippen LogP contribution in [0.2, 0.25) is 0 Å². The minimum Gasteiger partial charge on any atom is -0.368 e. The number of rotatable bonds is 4. The highest BCUT2D eigenvalue weighted by molar-refractivity contribution is 4.92. The molecule has 2 fully saturated rings. The van der Waals surface area contributed by atoms with Crippen molar-refractivity contribution in [2.24, 2.45) is 7.05 Å². The van der Waals surface area contributed by atoms with Gasteiger partial charge in [-0.1, -0.05) is 0 Å². The van der Waals surface area contributed by atoms with E-state index in [4.69, 9.17) is 9.47 Å². The highest BCUT2D eigenvalue weighted by Crippen LogP contribution is 2.27. The second kappa shape index (κ2) is 3.92. The van der Waals surface area contributed by atoms with Gasteiger partial charge in [0.05, 0.1) is 26.3 Å². The first kappa shape index (κ1) is 13.3. The maximum atomic E-state index is 12.4. The van der Waals surface area contributed by atoms with Crippen molar-refractivity contribution in [1.29, 1.82) is 0 Å². The van der Waals surface area contributed by atoms with Crippen molar-refractivity contribution < 1.29 is 9.47 Å². The third-order valence-electron chi connectivity index (χ3n) is 3.76. The SMILES string of the molecule is Cn1c(=O)n(CC2(C)CO2)c(=O)n(CC2(C)CO2)c1=O. The number of nitrogens with zero attached hydrogens (tertiary/aromatic N) is 3. The van der Waals surface area contributed by atoms with Crippen molar-refractivity contribution in [2.75, 3.05) is 13.2 Å². The fourth-order valence-corrected chi connectivity index (χ4v) is 2.12. The number of aromatic nitrogens is 3. The van der Waals surface area contributed by atoms with Gasteiger partial charge in [0.15, 0.2) is 0 Å². The maximum absolute atomic E-state index is 12.4. The maximum Gasteiger partial charge on any atom is 0.336 e. The molecule has 0 aromatic carbocycles. The largest absolute Gasteiger partial charge is 0.368 e. The molecule has 0 N–H and O–H groups in total. The van der Waals surface area contributed by atoms with Gasteiger partial charge in [0, 0.05) is 7.05 Å². The molecular formula is C12H17N3O5. The first-order chi connectivity index (χ1) is 9.25. The van der Waals surface area contributed by atoms with E-state index >= 15 is 0 Å². The van der Waals surface area contributed by atoms with Gasteiger partial charge in [0.1, 0.15) is 11.2 Å². The van der Waals surface area contributed by atoms with Crippen LogP contribution >= 0.6 is 0 Å². The predicted molar refractivity (Wildman–Crippen MR) is 68.9 cm³/mol. The van der Waals surface area contributed by atoms with Crippen molar-refractivity contribution in [1.82, 2.24) is 13.7 Å². The molecule has 0 radical (unpaired) electrons. The Morgan fingerprint density at radius 1 is 0.900 bits per heavy atom. The summed E-state index contributed by atoms with van der Waals surface area (Å²) in [7, 11) is 1.36. The minimum atomic E-state index is -0.616. The summed E-state index contributed by atoms with van der Waals surface area (Å²) in [6, 6.07) is 0. The van der Waals surface area contributed by atoms with E-state index in [9.17, 15) is 14.4 Å². The highest BCUT2D eigenvalue weighted by Gasteiger charge is 2.43. The van der Waals surface area contributed by atoms with Crippen molar-refractivity contribution in [3.05, 3.63) is 31.5 Å². The van der Waals surface area contributed by atoms with Crippen LogP contribution in [0.25, 0.3) is 0 Å². The summed E-state index contributed by atoms with van der Waals surface area (Å²) in [5.74, 6) is 0. The Hall–Kier alpha value is -1.67. The Morgan fingerprint density at radius 2 is 1.25 bits per heavy atom. The van der Waals surface area contributed by atoms with Gasteiger partial charge in [0.25, 0.3) is 0 Å². The van der Waals surface area contributed by atoms with Crippen LogP contribution in [0.5, 0.6) is 0 Å². The van der Waals surface area contributed by atoms with E-state index in [2.05, 4.69) is 0 Å². The smallest absolute Gasteiger partial charge is 0.336 e.